The molecule has 0 radical (unpaired) electrons. The Kier molecular flexibility index (Phi) is 5.50. The molecule has 5 rings (SSSR count). The number of carbonyl (C=O) groups is 1. The second-order valence-electron chi connectivity index (χ2n) is 8.21. The number of thiazole rings is 1. The monoisotopic (exact) mass is 454 g/mol. The van der Waals surface area contributed by atoms with Crippen molar-refractivity contribution in [2.24, 2.45) is 11.5 Å². The molecule has 1 atom stereocenters. The van der Waals surface area contributed by atoms with E-state index < -0.39 is 5.91 Å². The number of amides is 1. The molecule has 8 heteroatoms. The maximum atomic E-state index is 12.3. The third-order valence-electron chi connectivity index (χ3n) is 5.92. The van der Waals surface area contributed by atoms with Crippen LogP contribution in [0.15, 0.2) is 54.9 Å². The Balaban J connectivity index is 1.51. The van der Waals surface area contributed by atoms with Gasteiger partial charge in [-0.1, -0.05) is 24.3 Å². The van der Waals surface area contributed by atoms with Crippen LogP contribution in [0, 0.1) is 11.3 Å². The number of aryl methyl sites for hydroxylation is 1. The smallest absolute Gasteiger partial charge is 0.249 e. The zero-order valence-corrected chi connectivity index (χ0v) is 18.7. The number of hydrogen-bond acceptors (Lipinski definition) is 6. The van der Waals surface area contributed by atoms with Crippen molar-refractivity contribution in [3.8, 4) is 27.8 Å². The summed E-state index contributed by atoms with van der Waals surface area (Å²) in [4.78, 5) is 18.3. The molecule has 0 unspecified atom stereocenters. The Labute approximate surface area is 195 Å². The van der Waals surface area contributed by atoms with Gasteiger partial charge in [-0.2, -0.15) is 10.4 Å². The average molecular weight is 455 g/mol. The molecule has 1 amide bonds. The van der Waals surface area contributed by atoms with Crippen molar-refractivity contribution >= 4 is 17.2 Å². The Morgan fingerprint density at radius 2 is 2.03 bits per heavy atom. The van der Waals surface area contributed by atoms with E-state index in [-0.39, 0.29) is 6.04 Å². The van der Waals surface area contributed by atoms with Crippen LogP contribution in [0.25, 0.3) is 21.7 Å². The second-order valence-corrected chi connectivity index (χ2v) is 9.30. The maximum absolute atomic E-state index is 12.3. The molecule has 4 aromatic rings. The van der Waals surface area contributed by atoms with Gasteiger partial charge in [-0.05, 0) is 48.6 Å². The number of nitriles is 1. The van der Waals surface area contributed by atoms with Crippen LogP contribution < -0.4 is 11.5 Å². The number of primary amides is 1. The first-order chi connectivity index (χ1) is 16.0. The number of benzene rings is 2. The molecule has 1 aliphatic rings. The minimum atomic E-state index is -0.476. The van der Waals surface area contributed by atoms with Crippen LogP contribution in [0.1, 0.15) is 38.5 Å². The Morgan fingerprint density at radius 1 is 1.21 bits per heavy atom. The number of hydrogen-bond donors (Lipinski definition) is 2. The zero-order valence-electron chi connectivity index (χ0n) is 17.9. The van der Waals surface area contributed by atoms with Crippen molar-refractivity contribution in [3.63, 3.8) is 0 Å². The predicted octanol–water partition coefficient (Wildman–Crippen LogP) is 3.51. The summed E-state index contributed by atoms with van der Waals surface area (Å²) in [6.07, 6.45) is 6.34. The molecule has 33 heavy (non-hydrogen) atoms. The summed E-state index contributed by atoms with van der Waals surface area (Å²) in [6.45, 7) is 0.469. The number of fused-ring (bicyclic) bond motifs is 1. The lowest BCUT2D eigenvalue weighted by molar-refractivity contribution is 0.100. The third kappa shape index (κ3) is 4.16. The van der Waals surface area contributed by atoms with Crippen LogP contribution in [0.3, 0.4) is 0 Å². The summed E-state index contributed by atoms with van der Waals surface area (Å²) in [5.74, 6) is -0.476. The molecule has 0 bridgehead atoms. The van der Waals surface area contributed by atoms with Gasteiger partial charge in [0.05, 0.1) is 30.1 Å². The first-order valence-electron chi connectivity index (χ1n) is 10.7. The topological polar surface area (TPSA) is 124 Å². The summed E-state index contributed by atoms with van der Waals surface area (Å²) in [5.41, 5.74) is 17.7. The van der Waals surface area contributed by atoms with Crippen molar-refractivity contribution in [1.29, 1.82) is 5.26 Å². The Hall–Kier alpha value is -3.80. The molecule has 1 aliphatic carbocycles. The summed E-state index contributed by atoms with van der Waals surface area (Å²) < 4.78 is 1.83. The van der Waals surface area contributed by atoms with Crippen LogP contribution in [0.5, 0.6) is 0 Å². The molecule has 2 heterocycles. The van der Waals surface area contributed by atoms with Crippen molar-refractivity contribution in [3.05, 3.63) is 82.1 Å². The lowest BCUT2D eigenvalue weighted by Gasteiger charge is -2.15. The van der Waals surface area contributed by atoms with Gasteiger partial charge < -0.3 is 11.5 Å². The van der Waals surface area contributed by atoms with Crippen LogP contribution in [0.2, 0.25) is 0 Å². The van der Waals surface area contributed by atoms with Gasteiger partial charge in [0, 0.05) is 33.8 Å². The largest absolute Gasteiger partial charge is 0.366 e. The highest BCUT2D eigenvalue weighted by molar-refractivity contribution is 7.15. The van der Waals surface area contributed by atoms with Crippen LogP contribution >= 0.6 is 11.3 Å². The van der Waals surface area contributed by atoms with E-state index in [1.807, 2.05) is 35.1 Å². The molecule has 7 nitrogen and oxygen atoms in total. The maximum Gasteiger partial charge on any atom is 0.249 e. The van der Waals surface area contributed by atoms with E-state index >= 15 is 0 Å². The van der Waals surface area contributed by atoms with Crippen molar-refractivity contribution in [1.82, 2.24) is 14.8 Å². The van der Waals surface area contributed by atoms with Crippen molar-refractivity contribution < 1.29 is 4.79 Å². The van der Waals surface area contributed by atoms with E-state index in [1.165, 1.54) is 4.88 Å². The normalized spacial score (nSPS) is 15.1. The standard InChI is InChI=1S/C25H22N6OS/c26-11-15-4-6-16(7-5-15)18-12-29-31(14-18)13-17-2-1-3-20(24(28)32)23(17)25-30-21-9-8-19(27)10-22(21)33-25/h1-7,12,14,19H,8-10,13,27H2,(H2,28,32)/t19-/m0/s1. The van der Waals surface area contributed by atoms with Gasteiger partial charge in [-0.25, -0.2) is 4.98 Å². The highest BCUT2D eigenvalue weighted by atomic mass is 32.1. The van der Waals surface area contributed by atoms with Gasteiger partial charge in [-0.3, -0.25) is 9.48 Å². The summed E-state index contributed by atoms with van der Waals surface area (Å²) in [5, 5.41) is 14.3. The minimum Gasteiger partial charge on any atom is -0.366 e. The summed E-state index contributed by atoms with van der Waals surface area (Å²) in [6, 6.07) is 15.2. The van der Waals surface area contributed by atoms with E-state index in [1.54, 1.807) is 35.7 Å². The number of nitrogens with zero attached hydrogens (tertiary/aromatic N) is 4. The van der Waals surface area contributed by atoms with Gasteiger partial charge in [0.2, 0.25) is 5.91 Å². The third-order valence-corrected chi connectivity index (χ3v) is 7.06. The molecule has 0 fully saturated rings. The molecular weight excluding hydrogens is 432 g/mol. The SMILES string of the molecule is N#Cc1ccc(-c2cnn(Cc3cccc(C(N)=O)c3-c3nc4c(s3)C[C@@H](N)CC4)c2)cc1. The molecular formula is C25H22N6OS. The molecule has 2 aromatic heterocycles. The predicted molar refractivity (Wildman–Crippen MR) is 128 cm³/mol. The molecule has 0 spiro atoms. The first-order valence-corrected chi connectivity index (χ1v) is 11.5. The lowest BCUT2D eigenvalue weighted by Crippen LogP contribution is -2.26. The van der Waals surface area contributed by atoms with Crippen molar-refractivity contribution in [2.75, 3.05) is 0 Å². The number of rotatable bonds is 5. The Bertz CT molecular complexity index is 1380. The van der Waals surface area contributed by atoms with Gasteiger partial charge in [-0.15, -0.1) is 11.3 Å². The highest BCUT2D eigenvalue weighted by Crippen LogP contribution is 2.36. The van der Waals surface area contributed by atoms with Crippen molar-refractivity contribution in [2.45, 2.75) is 31.8 Å². The second kappa shape index (κ2) is 8.62. The average Bonchev–Trinajstić information content (AvgIpc) is 3.45. The summed E-state index contributed by atoms with van der Waals surface area (Å²) >= 11 is 1.60. The number of carbonyl (C=O) groups excluding carboxylic acids is 1. The molecule has 4 N–H and O–H groups in total. The Morgan fingerprint density at radius 3 is 2.79 bits per heavy atom. The van der Waals surface area contributed by atoms with E-state index in [0.29, 0.717) is 17.7 Å². The fourth-order valence-electron chi connectivity index (χ4n) is 4.21. The molecule has 164 valence electrons. The fourth-order valence-corrected chi connectivity index (χ4v) is 5.50. The van der Waals surface area contributed by atoms with E-state index in [0.717, 1.165) is 52.2 Å². The quantitative estimate of drug-likeness (QED) is 0.478. The van der Waals surface area contributed by atoms with Crippen LogP contribution in [-0.2, 0) is 19.4 Å². The lowest BCUT2D eigenvalue weighted by atomic mass is 9.98. The zero-order chi connectivity index (χ0) is 22.9. The van der Waals surface area contributed by atoms with Gasteiger partial charge in [0.1, 0.15) is 5.01 Å². The number of aromatic nitrogens is 3. The van der Waals surface area contributed by atoms with Gasteiger partial charge in [0.25, 0.3) is 0 Å². The summed E-state index contributed by atoms with van der Waals surface area (Å²) in [7, 11) is 0. The molecule has 0 saturated heterocycles. The minimum absolute atomic E-state index is 0.154. The molecule has 0 aliphatic heterocycles. The van der Waals surface area contributed by atoms with Crippen LogP contribution in [0.4, 0.5) is 0 Å². The fraction of sp³-hybridized carbons (Fsp3) is 0.200. The molecule has 0 saturated carbocycles. The van der Waals surface area contributed by atoms with Gasteiger partial charge >= 0.3 is 0 Å². The van der Waals surface area contributed by atoms with E-state index in [9.17, 15) is 4.79 Å². The van der Waals surface area contributed by atoms with Crippen LogP contribution in [-0.4, -0.2) is 26.7 Å². The van der Waals surface area contributed by atoms with E-state index in [2.05, 4.69) is 11.2 Å². The molecule has 2 aromatic carbocycles. The number of nitrogens with two attached hydrogens (primary N) is 2. The van der Waals surface area contributed by atoms with Gasteiger partial charge in [0.15, 0.2) is 0 Å². The highest BCUT2D eigenvalue weighted by Gasteiger charge is 2.24. The first kappa shape index (κ1) is 21.1. The van der Waals surface area contributed by atoms with E-state index in [4.69, 9.17) is 21.7 Å².